The summed E-state index contributed by atoms with van der Waals surface area (Å²) in [5, 5.41) is 1.20. The van der Waals surface area contributed by atoms with Gasteiger partial charge in [-0.1, -0.05) is 6.07 Å². The number of rotatable bonds is 3. The predicted octanol–water partition coefficient (Wildman–Crippen LogP) is 3.44. The molecule has 4 heteroatoms. The Bertz CT molecular complexity index is 661. The van der Waals surface area contributed by atoms with Gasteiger partial charge in [0.1, 0.15) is 0 Å². The quantitative estimate of drug-likeness (QED) is 0.742. The molecular formula is C14H12BrN3. The molecular weight excluding hydrogens is 290 g/mol. The van der Waals surface area contributed by atoms with E-state index in [-0.39, 0.29) is 0 Å². The second-order valence-corrected chi connectivity index (χ2v) is 4.99. The van der Waals surface area contributed by atoms with Gasteiger partial charge in [0.05, 0.1) is 11.7 Å². The van der Waals surface area contributed by atoms with Gasteiger partial charge in [-0.15, -0.1) is 0 Å². The zero-order valence-electron chi connectivity index (χ0n) is 9.75. The normalized spacial score (nSPS) is 10.9. The van der Waals surface area contributed by atoms with Crippen molar-refractivity contribution in [3.63, 3.8) is 0 Å². The van der Waals surface area contributed by atoms with Crippen molar-refractivity contribution in [1.29, 1.82) is 0 Å². The molecule has 3 rings (SSSR count). The molecule has 3 aromatic rings. The van der Waals surface area contributed by atoms with E-state index >= 15 is 0 Å². The lowest BCUT2D eigenvalue weighted by Gasteiger charge is -2.04. The SMILES string of the molecule is Brc1cn(CCc2ccccn2)c2cnccc12. The highest BCUT2D eigenvalue weighted by atomic mass is 79.9. The lowest BCUT2D eigenvalue weighted by molar-refractivity contribution is 0.708. The summed E-state index contributed by atoms with van der Waals surface area (Å²) in [7, 11) is 0. The van der Waals surface area contributed by atoms with Crippen LogP contribution < -0.4 is 0 Å². The summed E-state index contributed by atoms with van der Waals surface area (Å²) in [6.45, 7) is 0.908. The monoisotopic (exact) mass is 301 g/mol. The zero-order chi connectivity index (χ0) is 12.4. The number of aryl methyl sites for hydroxylation is 2. The van der Waals surface area contributed by atoms with Crippen LogP contribution >= 0.6 is 15.9 Å². The number of halogens is 1. The molecule has 0 unspecified atom stereocenters. The van der Waals surface area contributed by atoms with Crippen LogP contribution in [-0.4, -0.2) is 14.5 Å². The highest BCUT2D eigenvalue weighted by Crippen LogP contribution is 2.25. The average molecular weight is 302 g/mol. The molecule has 0 aliphatic rings. The van der Waals surface area contributed by atoms with Crippen LogP contribution in [0, 0.1) is 0 Å². The molecule has 0 aliphatic heterocycles. The zero-order valence-corrected chi connectivity index (χ0v) is 11.3. The van der Waals surface area contributed by atoms with E-state index in [1.807, 2.05) is 36.8 Å². The predicted molar refractivity (Wildman–Crippen MR) is 75.4 cm³/mol. The number of fused-ring (bicyclic) bond motifs is 1. The highest BCUT2D eigenvalue weighted by molar-refractivity contribution is 9.10. The Morgan fingerprint density at radius 3 is 2.94 bits per heavy atom. The summed E-state index contributed by atoms with van der Waals surface area (Å²) in [6.07, 6.45) is 8.58. The van der Waals surface area contributed by atoms with Crippen molar-refractivity contribution in [3.05, 3.63) is 59.2 Å². The molecule has 0 radical (unpaired) electrons. The lowest BCUT2D eigenvalue weighted by Crippen LogP contribution is -2.01. The minimum Gasteiger partial charge on any atom is -0.345 e. The van der Waals surface area contributed by atoms with Gasteiger partial charge < -0.3 is 4.57 Å². The standard InChI is InChI=1S/C14H12BrN3/c15-13-10-18(14-9-16-7-4-12(13)14)8-5-11-3-1-2-6-17-11/h1-4,6-7,9-10H,5,8H2. The Balaban J connectivity index is 1.87. The molecule has 0 bridgehead atoms. The summed E-state index contributed by atoms with van der Waals surface area (Å²) in [6, 6.07) is 8.04. The van der Waals surface area contributed by atoms with Gasteiger partial charge in [0.15, 0.2) is 0 Å². The molecule has 0 amide bonds. The summed E-state index contributed by atoms with van der Waals surface area (Å²) in [4.78, 5) is 8.52. The maximum atomic E-state index is 4.34. The first-order chi connectivity index (χ1) is 8.84. The molecule has 0 N–H and O–H groups in total. The Morgan fingerprint density at radius 2 is 2.11 bits per heavy atom. The number of pyridine rings is 2. The van der Waals surface area contributed by atoms with Crippen molar-refractivity contribution in [2.75, 3.05) is 0 Å². The fourth-order valence-electron chi connectivity index (χ4n) is 2.06. The molecule has 0 aromatic carbocycles. The third kappa shape index (κ3) is 2.16. The van der Waals surface area contributed by atoms with E-state index in [0.717, 1.165) is 28.6 Å². The fourth-order valence-corrected chi connectivity index (χ4v) is 2.64. The van der Waals surface area contributed by atoms with Gasteiger partial charge in [0.2, 0.25) is 0 Å². The summed E-state index contributed by atoms with van der Waals surface area (Å²) in [5.74, 6) is 0. The van der Waals surface area contributed by atoms with Crippen molar-refractivity contribution in [2.24, 2.45) is 0 Å². The second-order valence-electron chi connectivity index (χ2n) is 4.13. The van der Waals surface area contributed by atoms with Crippen molar-refractivity contribution in [1.82, 2.24) is 14.5 Å². The van der Waals surface area contributed by atoms with E-state index in [1.54, 1.807) is 0 Å². The fraction of sp³-hybridized carbons (Fsp3) is 0.143. The maximum absolute atomic E-state index is 4.34. The molecule has 0 saturated heterocycles. The van der Waals surface area contributed by atoms with E-state index in [2.05, 4.69) is 42.7 Å². The first kappa shape index (κ1) is 11.4. The van der Waals surface area contributed by atoms with Crippen LogP contribution in [0.4, 0.5) is 0 Å². The first-order valence-corrected chi connectivity index (χ1v) is 6.62. The van der Waals surface area contributed by atoms with E-state index in [1.165, 1.54) is 5.39 Å². The number of aromatic nitrogens is 3. The van der Waals surface area contributed by atoms with Crippen LogP contribution in [0.25, 0.3) is 10.9 Å². The lowest BCUT2D eigenvalue weighted by atomic mass is 10.2. The Labute approximate surface area is 114 Å². The maximum Gasteiger partial charge on any atom is 0.0678 e. The smallest absolute Gasteiger partial charge is 0.0678 e. The van der Waals surface area contributed by atoms with Crippen LogP contribution in [0.1, 0.15) is 5.69 Å². The average Bonchev–Trinajstić information content (AvgIpc) is 2.75. The molecule has 90 valence electrons. The molecule has 0 aliphatic carbocycles. The van der Waals surface area contributed by atoms with Gasteiger partial charge in [-0.2, -0.15) is 0 Å². The summed E-state index contributed by atoms with van der Waals surface area (Å²) in [5.41, 5.74) is 2.26. The molecule has 3 heterocycles. The van der Waals surface area contributed by atoms with E-state index in [4.69, 9.17) is 0 Å². The Morgan fingerprint density at radius 1 is 1.17 bits per heavy atom. The Hall–Kier alpha value is -1.68. The highest BCUT2D eigenvalue weighted by Gasteiger charge is 2.06. The molecule has 0 fully saturated rings. The van der Waals surface area contributed by atoms with Gasteiger partial charge in [-0.25, -0.2) is 0 Å². The summed E-state index contributed by atoms with van der Waals surface area (Å²) < 4.78 is 3.32. The number of nitrogens with zero attached hydrogens (tertiary/aromatic N) is 3. The van der Waals surface area contributed by atoms with Crippen molar-refractivity contribution >= 4 is 26.8 Å². The van der Waals surface area contributed by atoms with Crippen LogP contribution in [0.2, 0.25) is 0 Å². The minimum absolute atomic E-state index is 0.908. The van der Waals surface area contributed by atoms with E-state index < -0.39 is 0 Å². The van der Waals surface area contributed by atoms with Gasteiger partial charge in [0.25, 0.3) is 0 Å². The molecule has 3 nitrogen and oxygen atoms in total. The first-order valence-electron chi connectivity index (χ1n) is 5.83. The molecule has 0 atom stereocenters. The van der Waals surface area contributed by atoms with Crippen molar-refractivity contribution < 1.29 is 0 Å². The van der Waals surface area contributed by atoms with E-state index in [9.17, 15) is 0 Å². The summed E-state index contributed by atoms with van der Waals surface area (Å²) >= 11 is 3.58. The van der Waals surface area contributed by atoms with E-state index in [0.29, 0.717) is 0 Å². The van der Waals surface area contributed by atoms with Crippen molar-refractivity contribution in [3.8, 4) is 0 Å². The van der Waals surface area contributed by atoms with Gasteiger partial charge in [0, 0.05) is 47.1 Å². The molecule has 0 saturated carbocycles. The minimum atomic E-state index is 0.908. The molecule has 18 heavy (non-hydrogen) atoms. The third-order valence-electron chi connectivity index (χ3n) is 2.97. The molecule has 3 aromatic heterocycles. The second kappa shape index (κ2) is 4.90. The van der Waals surface area contributed by atoms with Crippen molar-refractivity contribution in [2.45, 2.75) is 13.0 Å². The van der Waals surface area contributed by atoms with Crippen LogP contribution in [0.3, 0.4) is 0 Å². The number of hydrogen-bond acceptors (Lipinski definition) is 2. The van der Waals surface area contributed by atoms with Crippen LogP contribution in [0.15, 0.2) is 53.5 Å². The topological polar surface area (TPSA) is 30.7 Å². The Kier molecular flexibility index (Phi) is 3.11. The van der Waals surface area contributed by atoms with Gasteiger partial charge in [-0.05, 0) is 34.1 Å². The van der Waals surface area contributed by atoms with Crippen LogP contribution in [-0.2, 0) is 13.0 Å². The number of hydrogen-bond donors (Lipinski definition) is 0. The third-order valence-corrected chi connectivity index (χ3v) is 3.60. The molecule has 0 spiro atoms. The van der Waals surface area contributed by atoms with Gasteiger partial charge >= 0.3 is 0 Å². The van der Waals surface area contributed by atoms with Gasteiger partial charge in [-0.3, -0.25) is 9.97 Å². The van der Waals surface area contributed by atoms with Crippen LogP contribution in [0.5, 0.6) is 0 Å². The largest absolute Gasteiger partial charge is 0.345 e.